The van der Waals surface area contributed by atoms with Crippen molar-refractivity contribution >= 4 is 5.97 Å². The molecule has 140 valence electrons. The third-order valence-electron chi connectivity index (χ3n) is 3.60. The quantitative estimate of drug-likeness (QED) is 0.586. The number of methoxy groups -OCH3 is 1. The van der Waals surface area contributed by atoms with Gasteiger partial charge in [-0.25, -0.2) is 9.18 Å². The molecule has 2 aromatic carbocycles. The molecule has 0 spiro atoms. The molecule has 0 aliphatic rings. The summed E-state index contributed by atoms with van der Waals surface area (Å²) in [4.78, 5) is 11.9. The lowest BCUT2D eigenvalue weighted by Crippen LogP contribution is -2.17. The Morgan fingerprint density at radius 3 is 2.41 bits per heavy atom. The minimum absolute atomic E-state index is 0.163. The van der Waals surface area contributed by atoms with Gasteiger partial charge in [0, 0.05) is 5.56 Å². The molecule has 3 rings (SSSR count). The average Bonchev–Trinajstić information content (AvgIpc) is 3.18. The Morgan fingerprint density at radius 1 is 1.07 bits per heavy atom. The van der Waals surface area contributed by atoms with Crippen LogP contribution in [-0.2, 0) is 9.53 Å². The van der Waals surface area contributed by atoms with E-state index in [1.165, 1.54) is 24.3 Å². The minimum Gasteiger partial charge on any atom is -0.497 e. The molecule has 1 atom stereocenters. The smallest absolute Gasteiger partial charge is 0.344 e. The number of hydrogen-bond donors (Lipinski definition) is 0. The molecule has 3 aromatic rings. The number of halogens is 1. The van der Waals surface area contributed by atoms with Crippen LogP contribution in [0.3, 0.4) is 0 Å². The predicted molar refractivity (Wildman–Crippen MR) is 92.7 cm³/mol. The summed E-state index contributed by atoms with van der Waals surface area (Å²) in [7, 11) is 1.58. The molecule has 1 aromatic heterocycles. The predicted octanol–water partition coefficient (Wildman–Crippen LogP) is 3.57. The summed E-state index contributed by atoms with van der Waals surface area (Å²) in [5, 5.41) is 7.87. The van der Waals surface area contributed by atoms with Crippen molar-refractivity contribution in [1.29, 1.82) is 0 Å². The fourth-order valence-electron chi connectivity index (χ4n) is 2.20. The Kier molecular flexibility index (Phi) is 5.65. The summed E-state index contributed by atoms with van der Waals surface area (Å²) < 4.78 is 33.9. The highest BCUT2D eigenvalue weighted by atomic mass is 19.1. The second-order valence-electron chi connectivity index (χ2n) is 5.55. The van der Waals surface area contributed by atoms with E-state index < -0.39 is 12.1 Å². The van der Waals surface area contributed by atoms with Crippen LogP contribution in [-0.4, -0.2) is 29.9 Å². The maximum absolute atomic E-state index is 12.8. The lowest BCUT2D eigenvalue weighted by Gasteiger charge is -2.10. The molecule has 7 nitrogen and oxygen atoms in total. The molecule has 0 amide bonds. The van der Waals surface area contributed by atoms with Crippen LogP contribution in [0.1, 0.15) is 18.9 Å². The highest BCUT2D eigenvalue weighted by molar-refractivity contribution is 5.71. The van der Waals surface area contributed by atoms with Gasteiger partial charge in [0.25, 0.3) is 5.89 Å². The minimum atomic E-state index is -0.742. The lowest BCUT2D eigenvalue weighted by atomic mass is 10.2. The molecule has 0 unspecified atom stereocenters. The molecule has 1 heterocycles. The van der Waals surface area contributed by atoms with Crippen LogP contribution in [0, 0.1) is 5.82 Å². The zero-order valence-corrected chi connectivity index (χ0v) is 14.7. The molecule has 0 fully saturated rings. The number of rotatable bonds is 7. The summed E-state index contributed by atoms with van der Waals surface area (Å²) in [6.45, 7) is 1.29. The van der Waals surface area contributed by atoms with Gasteiger partial charge < -0.3 is 18.6 Å². The highest BCUT2D eigenvalue weighted by Gasteiger charge is 2.19. The molecule has 0 saturated carbocycles. The van der Waals surface area contributed by atoms with Crippen LogP contribution in [0.15, 0.2) is 52.9 Å². The normalized spacial score (nSPS) is 11.7. The topological polar surface area (TPSA) is 83.7 Å². The van der Waals surface area contributed by atoms with Gasteiger partial charge in [0.05, 0.1) is 7.11 Å². The van der Waals surface area contributed by atoms with Crippen LogP contribution in [0.5, 0.6) is 11.5 Å². The van der Waals surface area contributed by atoms with E-state index in [1.807, 2.05) is 0 Å². The molecule has 0 N–H and O–H groups in total. The van der Waals surface area contributed by atoms with Crippen molar-refractivity contribution < 1.29 is 27.8 Å². The molecule has 8 heteroatoms. The van der Waals surface area contributed by atoms with E-state index in [-0.39, 0.29) is 18.3 Å². The molecule has 0 aliphatic heterocycles. The molecule has 0 aliphatic carbocycles. The Balaban J connectivity index is 1.55. The van der Waals surface area contributed by atoms with E-state index in [9.17, 15) is 9.18 Å². The Morgan fingerprint density at radius 2 is 1.74 bits per heavy atom. The zero-order valence-electron chi connectivity index (χ0n) is 14.7. The molecule has 27 heavy (non-hydrogen) atoms. The number of ether oxygens (including phenoxy) is 3. The van der Waals surface area contributed by atoms with Crippen LogP contribution < -0.4 is 9.47 Å². The molecule has 0 saturated heterocycles. The highest BCUT2D eigenvalue weighted by Crippen LogP contribution is 2.24. The average molecular weight is 372 g/mol. The maximum atomic E-state index is 12.8. The van der Waals surface area contributed by atoms with Crippen LogP contribution in [0.25, 0.3) is 11.5 Å². The number of nitrogens with zero attached hydrogens (tertiary/aromatic N) is 2. The van der Waals surface area contributed by atoms with E-state index in [4.69, 9.17) is 18.6 Å². The van der Waals surface area contributed by atoms with Gasteiger partial charge in [0.15, 0.2) is 12.7 Å². The van der Waals surface area contributed by atoms with E-state index in [2.05, 4.69) is 10.2 Å². The van der Waals surface area contributed by atoms with Crippen molar-refractivity contribution in [3.63, 3.8) is 0 Å². The summed E-state index contributed by atoms with van der Waals surface area (Å²) >= 11 is 0. The number of carbonyl (C=O) groups is 1. The molecular weight excluding hydrogens is 355 g/mol. The van der Waals surface area contributed by atoms with E-state index >= 15 is 0 Å². The van der Waals surface area contributed by atoms with Crippen LogP contribution >= 0.6 is 0 Å². The van der Waals surface area contributed by atoms with Gasteiger partial charge in [-0.1, -0.05) is 0 Å². The van der Waals surface area contributed by atoms with Crippen molar-refractivity contribution in [2.24, 2.45) is 0 Å². The summed E-state index contributed by atoms with van der Waals surface area (Å²) in [6, 6.07) is 12.4. The third-order valence-corrected chi connectivity index (χ3v) is 3.60. The number of esters is 1. The SMILES string of the molecule is COc1ccc(-c2nnc([C@H](C)OC(=O)COc3ccc(F)cc3)o2)cc1. The molecule has 0 radical (unpaired) electrons. The van der Waals surface area contributed by atoms with Gasteiger partial charge in [-0.05, 0) is 55.5 Å². The van der Waals surface area contributed by atoms with Gasteiger partial charge in [-0.2, -0.15) is 0 Å². The Bertz CT molecular complexity index is 893. The summed E-state index contributed by atoms with van der Waals surface area (Å²) in [6.07, 6.45) is -0.742. The number of aromatic nitrogens is 2. The van der Waals surface area contributed by atoms with Crippen molar-refractivity contribution in [2.75, 3.05) is 13.7 Å². The first-order valence-electron chi connectivity index (χ1n) is 8.11. The molecule has 0 bridgehead atoms. The number of benzene rings is 2. The first-order chi connectivity index (χ1) is 13.0. The number of carbonyl (C=O) groups excluding carboxylic acids is 1. The fourth-order valence-corrected chi connectivity index (χ4v) is 2.20. The van der Waals surface area contributed by atoms with Gasteiger partial charge in [0.2, 0.25) is 5.89 Å². The van der Waals surface area contributed by atoms with Crippen LogP contribution in [0.2, 0.25) is 0 Å². The maximum Gasteiger partial charge on any atom is 0.344 e. The second-order valence-corrected chi connectivity index (χ2v) is 5.55. The third kappa shape index (κ3) is 4.81. The largest absolute Gasteiger partial charge is 0.497 e. The standard InChI is InChI=1S/C19H17FN2O5/c1-12(26-17(23)11-25-16-9-5-14(20)6-10-16)18-21-22-19(27-18)13-3-7-15(24-2)8-4-13/h3-10,12H,11H2,1-2H3/t12-/m0/s1. The number of hydrogen-bond acceptors (Lipinski definition) is 7. The van der Waals surface area contributed by atoms with Crippen molar-refractivity contribution in [3.05, 3.63) is 60.2 Å². The second kappa shape index (κ2) is 8.31. The van der Waals surface area contributed by atoms with E-state index in [0.29, 0.717) is 23.0 Å². The lowest BCUT2D eigenvalue weighted by molar-refractivity contribution is -0.152. The first kappa shape index (κ1) is 18.4. The van der Waals surface area contributed by atoms with Crippen molar-refractivity contribution in [2.45, 2.75) is 13.0 Å². The van der Waals surface area contributed by atoms with Crippen molar-refractivity contribution in [3.8, 4) is 23.0 Å². The van der Waals surface area contributed by atoms with Gasteiger partial charge in [-0.3, -0.25) is 0 Å². The Labute approximate surface area is 154 Å². The fraction of sp³-hybridized carbons (Fsp3) is 0.211. The Hall–Kier alpha value is -3.42. The van der Waals surface area contributed by atoms with Gasteiger partial charge >= 0.3 is 5.97 Å². The van der Waals surface area contributed by atoms with Gasteiger partial charge in [-0.15, -0.1) is 10.2 Å². The van der Waals surface area contributed by atoms with Crippen molar-refractivity contribution in [1.82, 2.24) is 10.2 Å². The first-order valence-corrected chi connectivity index (χ1v) is 8.11. The zero-order chi connectivity index (χ0) is 19.2. The molecular formula is C19H17FN2O5. The van der Waals surface area contributed by atoms with Crippen LogP contribution in [0.4, 0.5) is 4.39 Å². The van der Waals surface area contributed by atoms with E-state index in [1.54, 1.807) is 38.3 Å². The summed E-state index contributed by atoms with van der Waals surface area (Å²) in [5.41, 5.74) is 0.715. The van der Waals surface area contributed by atoms with Gasteiger partial charge in [0.1, 0.15) is 17.3 Å². The summed E-state index contributed by atoms with van der Waals surface area (Å²) in [5.74, 6) is 0.537. The van der Waals surface area contributed by atoms with E-state index in [0.717, 1.165) is 0 Å². The monoisotopic (exact) mass is 372 g/mol.